The molecule has 0 atom stereocenters. The number of esters is 2. The second-order valence-electron chi connectivity index (χ2n) is 17.7. The molecule has 0 unspecified atom stereocenters. The molecule has 4 aromatic heterocycles. The lowest BCUT2D eigenvalue weighted by Crippen LogP contribution is -2.49. The van der Waals surface area contributed by atoms with Crippen molar-refractivity contribution in [2.24, 2.45) is 0 Å². The van der Waals surface area contributed by atoms with E-state index in [1.54, 1.807) is 54.4 Å². The Hall–Kier alpha value is -5.59. The van der Waals surface area contributed by atoms with Crippen molar-refractivity contribution in [2.45, 2.75) is 79.7 Å². The number of rotatable bonds is 8. The van der Waals surface area contributed by atoms with E-state index < -0.39 is 17.2 Å². The SMILES string of the molecule is CC(C)(C)OC(=O)c1ccn[nH]1.Cc1ccc(CN2CCN(C(=O)n3ccc(C(=O)OC(C)(C)C)n3)CC2)cc1-c1nccs1.Cc1ccc(CN2CCNCC2)cc1-c1nccs1. The largest absolute Gasteiger partial charge is 0.455 e. The molecule has 17 heteroatoms. The third-order valence-electron chi connectivity index (χ3n) is 10.1. The van der Waals surface area contributed by atoms with E-state index in [-0.39, 0.29) is 17.7 Å². The Balaban J connectivity index is 0.000000183. The van der Waals surface area contributed by atoms with Crippen LogP contribution in [0.25, 0.3) is 21.1 Å². The predicted octanol–water partition coefficient (Wildman–Crippen LogP) is 7.94. The molecule has 15 nitrogen and oxygen atoms in total. The molecule has 1 amide bonds. The monoisotopic (exact) mass is 908 g/mol. The van der Waals surface area contributed by atoms with Crippen molar-refractivity contribution in [2.75, 3.05) is 52.4 Å². The number of nitrogens with zero attached hydrogens (tertiary/aromatic N) is 8. The van der Waals surface area contributed by atoms with Gasteiger partial charge in [-0.2, -0.15) is 14.9 Å². The molecule has 2 aromatic carbocycles. The van der Waals surface area contributed by atoms with Crippen molar-refractivity contribution in [1.82, 2.24) is 50.0 Å². The number of aryl methyl sites for hydroxylation is 2. The Morgan fingerprint density at radius 2 is 1.20 bits per heavy atom. The van der Waals surface area contributed by atoms with Crippen molar-refractivity contribution < 1.29 is 23.9 Å². The molecular weight excluding hydrogens is 849 g/mol. The van der Waals surface area contributed by atoms with Crippen molar-refractivity contribution >= 4 is 40.6 Å². The maximum Gasteiger partial charge on any atom is 0.359 e. The third kappa shape index (κ3) is 14.2. The van der Waals surface area contributed by atoms with Crippen LogP contribution in [-0.4, -0.2) is 126 Å². The summed E-state index contributed by atoms with van der Waals surface area (Å²) in [6.45, 7) is 24.2. The molecule has 2 aliphatic rings. The van der Waals surface area contributed by atoms with Gasteiger partial charge in [-0.15, -0.1) is 22.7 Å². The normalized spacial score (nSPS) is 14.8. The first-order valence-electron chi connectivity index (χ1n) is 21.5. The molecule has 2 fully saturated rings. The first-order chi connectivity index (χ1) is 30.5. The first kappa shape index (κ1) is 47.9. The number of ether oxygens (including phenoxy) is 2. The van der Waals surface area contributed by atoms with Gasteiger partial charge in [-0.3, -0.25) is 14.9 Å². The molecule has 2 aliphatic heterocycles. The molecule has 0 saturated carbocycles. The number of aromatic nitrogens is 6. The Morgan fingerprint density at radius 1 is 0.672 bits per heavy atom. The number of benzene rings is 2. The molecule has 340 valence electrons. The van der Waals surface area contributed by atoms with Crippen LogP contribution >= 0.6 is 22.7 Å². The van der Waals surface area contributed by atoms with Crippen LogP contribution in [0.3, 0.4) is 0 Å². The summed E-state index contributed by atoms with van der Waals surface area (Å²) in [5.41, 5.74) is 7.04. The van der Waals surface area contributed by atoms with Crippen LogP contribution in [0.2, 0.25) is 0 Å². The molecular formula is C47H60N10O5S2. The molecule has 6 aromatic rings. The zero-order valence-corrected chi connectivity index (χ0v) is 39.7. The molecule has 0 bridgehead atoms. The molecule has 0 aliphatic carbocycles. The summed E-state index contributed by atoms with van der Waals surface area (Å²) in [6, 6.07) is 16.1. The lowest BCUT2D eigenvalue weighted by molar-refractivity contribution is 0.00501. The molecule has 0 spiro atoms. The fourth-order valence-corrected chi connectivity index (χ4v) is 8.35. The molecule has 8 rings (SSSR count). The fourth-order valence-electron chi connectivity index (χ4n) is 6.91. The maximum atomic E-state index is 12.8. The number of thiazole rings is 2. The average Bonchev–Trinajstić information content (AvgIpc) is 4.11. The average molecular weight is 909 g/mol. The van der Waals surface area contributed by atoms with Crippen molar-refractivity contribution in [1.29, 1.82) is 0 Å². The van der Waals surface area contributed by atoms with Crippen LogP contribution in [0.5, 0.6) is 0 Å². The van der Waals surface area contributed by atoms with Gasteiger partial charge in [-0.05, 0) is 102 Å². The highest BCUT2D eigenvalue weighted by Gasteiger charge is 2.26. The molecule has 6 heterocycles. The van der Waals surface area contributed by atoms with Gasteiger partial charge in [0.1, 0.15) is 26.9 Å². The van der Waals surface area contributed by atoms with Gasteiger partial charge in [0.2, 0.25) is 0 Å². The Morgan fingerprint density at radius 3 is 1.69 bits per heavy atom. The number of amides is 1. The van der Waals surface area contributed by atoms with Crippen molar-refractivity contribution in [3.8, 4) is 21.1 Å². The van der Waals surface area contributed by atoms with Crippen molar-refractivity contribution in [3.63, 3.8) is 0 Å². The summed E-state index contributed by atoms with van der Waals surface area (Å²) in [7, 11) is 0. The van der Waals surface area contributed by atoms with E-state index in [0.29, 0.717) is 18.8 Å². The first-order valence-corrected chi connectivity index (χ1v) is 23.2. The number of aromatic amines is 1. The second-order valence-corrected chi connectivity index (χ2v) is 19.5. The highest BCUT2D eigenvalue weighted by molar-refractivity contribution is 7.13. The van der Waals surface area contributed by atoms with Crippen LogP contribution in [0.4, 0.5) is 4.79 Å². The minimum Gasteiger partial charge on any atom is -0.455 e. The number of carbonyl (C=O) groups excluding carboxylic acids is 3. The molecule has 64 heavy (non-hydrogen) atoms. The van der Waals surface area contributed by atoms with E-state index in [4.69, 9.17) is 9.47 Å². The number of nitrogens with one attached hydrogen (secondary N) is 2. The van der Waals surface area contributed by atoms with E-state index in [2.05, 4.69) is 90.6 Å². The van der Waals surface area contributed by atoms with Gasteiger partial charge in [-0.25, -0.2) is 24.4 Å². The summed E-state index contributed by atoms with van der Waals surface area (Å²) < 4.78 is 11.6. The predicted molar refractivity (Wildman–Crippen MR) is 252 cm³/mol. The minimum atomic E-state index is -0.611. The quantitative estimate of drug-likeness (QED) is 0.142. The summed E-state index contributed by atoms with van der Waals surface area (Å²) in [6.07, 6.45) is 6.74. The number of H-pyrrole nitrogens is 1. The second kappa shape index (κ2) is 21.9. The van der Waals surface area contributed by atoms with Crippen LogP contribution in [-0.2, 0) is 22.6 Å². The molecule has 2 saturated heterocycles. The topological polar surface area (TPSA) is 164 Å². The van der Waals surface area contributed by atoms with E-state index in [1.165, 1.54) is 56.5 Å². The summed E-state index contributed by atoms with van der Waals surface area (Å²) in [4.78, 5) is 51.7. The van der Waals surface area contributed by atoms with Crippen LogP contribution in [0.1, 0.15) is 84.8 Å². The molecule has 2 N–H and O–H groups in total. The summed E-state index contributed by atoms with van der Waals surface area (Å²) in [5.74, 6) is -0.908. The van der Waals surface area contributed by atoms with Gasteiger partial charge in [-0.1, -0.05) is 24.3 Å². The van der Waals surface area contributed by atoms with Crippen LogP contribution < -0.4 is 5.32 Å². The Labute approximate surface area is 383 Å². The lowest BCUT2D eigenvalue weighted by Gasteiger charge is -2.34. The highest BCUT2D eigenvalue weighted by atomic mass is 32.1. The third-order valence-corrected chi connectivity index (χ3v) is 11.7. The highest BCUT2D eigenvalue weighted by Crippen LogP contribution is 2.28. The minimum absolute atomic E-state index is 0.132. The Kier molecular flexibility index (Phi) is 16.4. The van der Waals surface area contributed by atoms with Gasteiger partial charge in [0.05, 0.1) is 0 Å². The lowest BCUT2D eigenvalue weighted by atomic mass is 10.0. The van der Waals surface area contributed by atoms with Crippen LogP contribution in [0, 0.1) is 13.8 Å². The maximum absolute atomic E-state index is 12.8. The number of piperazine rings is 2. The van der Waals surface area contributed by atoms with Gasteiger partial charge in [0, 0.05) is 112 Å². The van der Waals surface area contributed by atoms with Gasteiger partial charge in [0.15, 0.2) is 5.69 Å². The summed E-state index contributed by atoms with van der Waals surface area (Å²) in [5, 5.41) is 19.9. The van der Waals surface area contributed by atoms with E-state index in [1.807, 2.05) is 43.9 Å². The number of hydrogen-bond donors (Lipinski definition) is 2. The number of hydrogen-bond acceptors (Lipinski definition) is 14. The zero-order chi connectivity index (χ0) is 45.9. The Bertz CT molecular complexity index is 2410. The van der Waals surface area contributed by atoms with E-state index >= 15 is 0 Å². The summed E-state index contributed by atoms with van der Waals surface area (Å²) >= 11 is 3.36. The van der Waals surface area contributed by atoms with E-state index in [9.17, 15) is 14.4 Å². The van der Waals surface area contributed by atoms with Gasteiger partial charge >= 0.3 is 18.0 Å². The van der Waals surface area contributed by atoms with Crippen LogP contribution in [0.15, 0.2) is 84.1 Å². The van der Waals surface area contributed by atoms with Gasteiger partial charge < -0.3 is 19.7 Å². The van der Waals surface area contributed by atoms with Crippen molar-refractivity contribution in [3.05, 3.63) is 118 Å². The fraction of sp³-hybridized carbons (Fsp3) is 0.426. The van der Waals surface area contributed by atoms with Gasteiger partial charge in [0.25, 0.3) is 0 Å². The zero-order valence-electron chi connectivity index (χ0n) is 38.1. The molecule has 0 radical (unpaired) electrons. The smallest absolute Gasteiger partial charge is 0.359 e. The van der Waals surface area contributed by atoms with E-state index in [0.717, 1.165) is 62.4 Å². The number of carbonyl (C=O) groups is 3. The standard InChI is InChI=1S/C24H29N5O3S.C15H19N3S.C8H12N2O2/c1-17-5-6-18(15-19(17)21-25-8-14-33-21)16-27-10-12-28(13-11-27)23(31)29-9-7-20(26-29)22(30)32-24(2,3)4;1-12-2-3-13(11-18-7-4-16-5-8-18)10-14(12)15-17-6-9-19-15;1-8(2,3)12-7(11)6-4-5-9-10-6/h5-9,14-15H,10-13,16H2,1-4H3;2-3,6,9-10,16H,4-5,7-8,11H2,1H3;4-5H,1-3H3,(H,9,10).